The lowest BCUT2D eigenvalue weighted by molar-refractivity contribution is 0.0887. The molecular formula is C22H26ClNO3. The number of phenolic OH excluding ortho intramolecular Hbond substituents is 1. The number of carbonyl (C=O) groups is 1. The van der Waals surface area contributed by atoms with Gasteiger partial charge in [0.25, 0.3) is 5.91 Å². The summed E-state index contributed by atoms with van der Waals surface area (Å²) < 4.78 is 5.89. The second-order valence-corrected chi connectivity index (χ2v) is 8.18. The van der Waals surface area contributed by atoms with Gasteiger partial charge in [-0.3, -0.25) is 4.79 Å². The fourth-order valence-corrected chi connectivity index (χ4v) is 3.60. The van der Waals surface area contributed by atoms with Crippen molar-refractivity contribution in [1.29, 1.82) is 0 Å². The highest BCUT2D eigenvalue weighted by Gasteiger charge is 2.31. The standard InChI is InChI=1S/C22H26ClNO3/c1-22(15-24-21(26)17-2-6-19(25)7-3-17)12-10-16(11-13-22)14-27-20-8-4-18(23)5-9-20/h2-9,16,25H,10-15H2,1H3,(H,24,26). The number of amides is 1. The van der Waals surface area contributed by atoms with Crippen molar-refractivity contribution in [3.63, 3.8) is 0 Å². The first-order valence-electron chi connectivity index (χ1n) is 9.39. The molecule has 1 saturated carbocycles. The van der Waals surface area contributed by atoms with E-state index in [2.05, 4.69) is 12.2 Å². The predicted octanol–water partition coefficient (Wildman–Crippen LogP) is 5.05. The van der Waals surface area contributed by atoms with E-state index in [9.17, 15) is 9.90 Å². The lowest BCUT2D eigenvalue weighted by atomic mass is 9.72. The molecular weight excluding hydrogens is 362 g/mol. The number of hydrogen-bond acceptors (Lipinski definition) is 3. The van der Waals surface area contributed by atoms with Crippen LogP contribution in [0.4, 0.5) is 0 Å². The number of phenols is 1. The molecule has 1 amide bonds. The van der Waals surface area contributed by atoms with Crippen LogP contribution < -0.4 is 10.1 Å². The number of aromatic hydroxyl groups is 1. The summed E-state index contributed by atoms with van der Waals surface area (Å²) in [5.41, 5.74) is 0.685. The molecule has 0 unspecified atom stereocenters. The molecule has 0 aromatic heterocycles. The molecule has 5 heteroatoms. The van der Waals surface area contributed by atoms with Gasteiger partial charge in [0.1, 0.15) is 11.5 Å². The van der Waals surface area contributed by atoms with Crippen molar-refractivity contribution >= 4 is 17.5 Å². The van der Waals surface area contributed by atoms with Gasteiger partial charge in [-0.15, -0.1) is 0 Å². The van der Waals surface area contributed by atoms with Crippen LogP contribution in [-0.4, -0.2) is 24.2 Å². The molecule has 0 atom stereocenters. The highest BCUT2D eigenvalue weighted by atomic mass is 35.5. The van der Waals surface area contributed by atoms with Gasteiger partial charge in [0, 0.05) is 17.1 Å². The molecule has 144 valence electrons. The molecule has 0 heterocycles. The van der Waals surface area contributed by atoms with Gasteiger partial charge in [-0.1, -0.05) is 18.5 Å². The third kappa shape index (κ3) is 5.64. The summed E-state index contributed by atoms with van der Waals surface area (Å²) in [6.07, 6.45) is 4.33. The maximum absolute atomic E-state index is 12.3. The highest BCUT2D eigenvalue weighted by molar-refractivity contribution is 6.30. The van der Waals surface area contributed by atoms with Crippen LogP contribution in [0.1, 0.15) is 43.0 Å². The van der Waals surface area contributed by atoms with Gasteiger partial charge in [0.2, 0.25) is 0 Å². The number of ether oxygens (including phenoxy) is 1. The third-order valence-corrected chi connectivity index (χ3v) is 5.67. The Labute approximate surface area is 165 Å². The topological polar surface area (TPSA) is 58.6 Å². The molecule has 1 aliphatic rings. The number of rotatable bonds is 6. The van der Waals surface area contributed by atoms with Gasteiger partial charge in [-0.25, -0.2) is 0 Å². The van der Waals surface area contributed by atoms with Crippen LogP contribution in [0.2, 0.25) is 5.02 Å². The monoisotopic (exact) mass is 387 g/mol. The number of carbonyl (C=O) groups excluding carboxylic acids is 1. The summed E-state index contributed by atoms with van der Waals surface area (Å²) in [5, 5.41) is 13.1. The van der Waals surface area contributed by atoms with E-state index >= 15 is 0 Å². The first kappa shape index (κ1) is 19.6. The Bertz CT molecular complexity index is 750. The van der Waals surface area contributed by atoms with E-state index in [1.54, 1.807) is 12.1 Å². The number of benzene rings is 2. The van der Waals surface area contributed by atoms with Crippen LogP contribution in [0.5, 0.6) is 11.5 Å². The first-order chi connectivity index (χ1) is 12.9. The maximum Gasteiger partial charge on any atom is 0.251 e. The van der Waals surface area contributed by atoms with Crippen molar-refractivity contribution in [3.8, 4) is 11.5 Å². The van der Waals surface area contributed by atoms with E-state index in [0.717, 1.165) is 38.0 Å². The van der Waals surface area contributed by atoms with E-state index in [4.69, 9.17) is 16.3 Å². The minimum atomic E-state index is -0.0931. The Morgan fingerprint density at radius 3 is 2.41 bits per heavy atom. The summed E-state index contributed by atoms with van der Waals surface area (Å²) in [6.45, 7) is 3.62. The smallest absolute Gasteiger partial charge is 0.251 e. The molecule has 0 spiro atoms. The lowest BCUT2D eigenvalue weighted by Crippen LogP contribution is -2.38. The zero-order valence-electron chi connectivity index (χ0n) is 15.6. The maximum atomic E-state index is 12.3. The molecule has 2 N–H and O–H groups in total. The van der Waals surface area contributed by atoms with Crippen LogP contribution in [0.15, 0.2) is 48.5 Å². The second kappa shape index (κ2) is 8.66. The molecule has 4 nitrogen and oxygen atoms in total. The third-order valence-electron chi connectivity index (χ3n) is 5.42. The fourth-order valence-electron chi connectivity index (χ4n) is 3.47. The summed E-state index contributed by atoms with van der Waals surface area (Å²) in [4.78, 5) is 12.3. The Balaban J connectivity index is 1.42. The number of halogens is 1. The van der Waals surface area contributed by atoms with Gasteiger partial charge in [-0.05, 0) is 85.5 Å². The van der Waals surface area contributed by atoms with Gasteiger partial charge in [0.15, 0.2) is 0 Å². The van der Waals surface area contributed by atoms with Crippen molar-refractivity contribution in [1.82, 2.24) is 5.32 Å². The van der Waals surface area contributed by atoms with E-state index in [1.807, 2.05) is 24.3 Å². The average Bonchev–Trinajstić information content (AvgIpc) is 2.68. The Hall–Kier alpha value is -2.20. The van der Waals surface area contributed by atoms with E-state index < -0.39 is 0 Å². The van der Waals surface area contributed by atoms with Crippen molar-refractivity contribution in [2.45, 2.75) is 32.6 Å². The molecule has 1 aliphatic carbocycles. The summed E-state index contributed by atoms with van der Waals surface area (Å²) in [6, 6.07) is 13.8. The van der Waals surface area contributed by atoms with Crippen LogP contribution in [-0.2, 0) is 0 Å². The Morgan fingerprint density at radius 1 is 1.15 bits per heavy atom. The van der Waals surface area contributed by atoms with Crippen LogP contribution in [0.3, 0.4) is 0 Å². The molecule has 2 aromatic rings. The van der Waals surface area contributed by atoms with Gasteiger partial charge in [-0.2, -0.15) is 0 Å². The van der Waals surface area contributed by atoms with Crippen molar-refractivity contribution < 1.29 is 14.6 Å². The minimum Gasteiger partial charge on any atom is -0.508 e. The van der Waals surface area contributed by atoms with Crippen molar-refractivity contribution in [3.05, 3.63) is 59.1 Å². The summed E-state index contributed by atoms with van der Waals surface area (Å²) >= 11 is 5.89. The molecule has 0 aliphatic heterocycles. The molecule has 3 rings (SSSR count). The summed E-state index contributed by atoms with van der Waals surface area (Å²) in [7, 11) is 0. The molecule has 1 fully saturated rings. The fraction of sp³-hybridized carbons (Fsp3) is 0.409. The predicted molar refractivity (Wildman–Crippen MR) is 107 cm³/mol. The van der Waals surface area contributed by atoms with Crippen LogP contribution >= 0.6 is 11.6 Å². The number of nitrogens with one attached hydrogen (secondary N) is 1. The van der Waals surface area contributed by atoms with E-state index in [1.165, 1.54) is 12.1 Å². The van der Waals surface area contributed by atoms with Gasteiger partial charge < -0.3 is 15.2 Å². The molecule has 0 saturated heterocycles. The SMILES string of the molecule is CC1(CNC(=O)c2ccc(O)cc2)CCC(COc2ccc(Cl)cc2)CC1. The molecule has 0 radical (unpaired) electrons. The Morgan fingerprint density at radius 2 is 1.78 bits per heavy atom. The second-order valence-electron chi connectivity index (χ2n) is 7.75. The minimum absolute atomic E-state index is 0.0931. The van der Waals surface area contributed by atoms with Crippen molar-refractivity contribution in [2.75, 3.05) is 13.2 Å². The van der Waals surface area contributed by atoms with Gasteiger partial charge >= 0.3 is 0 Å². The Kier molecular flexibility index (Phi) is 6.27. The zero-order valence-corrected chi connectivity index (χ0v) is 16.3. The molecule has 2 aromatic carbocycles. The lowest BCUT2D eigenvalue weighted by Gasteiger charge is -2.37. The quantitative estimate of drug-likeness (QED) is 0.729. The first-order valence-corrected chi connectivity index (χ1v) is 9.77. The van der Waals surface area contributed by atoms with Crippen LogP contribution in [0, 0.1) is 11.3 Å². The largest absolute Gasteiger partial charge is 0.508 e. The molecule has 0 bridgehead atoms. The van der Waals surface area contributed by atoms with E-state index in [-0.39, 0.29) is 17.1 Å². The normalized spacial score (nSPS) is 22.2. The zero-order chi connectivity index (χ0) is 19.3. The highest BCUT2D eigenvalue weighted by Crippen LogP contribution is 2.38. The van der Waals surface area contributed by atoms with Crippen molar-refractivity contribution in [2.24, 2.45) is 11.3 Å². The average molecular weight is 388 g/mol. The summed E-state index contributed by atoms with van der Waals surface area (Å²) in [5.74, 6) is 1.47. The number of hydrogen-bond donors (Lipinski definition) is 2. The van der Waals surface area contributed by atoms with Gasteiger partial charge in [0.05, 0.1) is 6.61 Å². The van der Waals surface area contributed by atoms with E-state index in [0.29, 0.717) is 23.0 Å². The van der Waals surface area contributed by atoms with Crippen LogP contribution in [0.25, 0.3) is 0 Å². The molecule has 27 heavy (non-hydrogen) atoms.